The number of β-amino-alcohol motifs (C(OH)–C–C–N with tert-alkyl or cyclic N) is 1. The van der Waals surface area contributed by atoms with Crippen molar-refractivity contribution in [1.82, 2.24) is 14.8 Å². The predicted octanol–water partition coefficient (Wildman–Crippen LogP) is 0.736. The Balaban J connectivity index is 1.47. The topological polar surface area (TPSA) is 76.6 Å². The van der Waals surface area contributed by atoms with Crippen LogP contribution in [0.4, 0.5) is 0 Å². The number of carbonyl (C=O) groups excluding carboxylic acids is 1. The Labute approximate surface area is 146 Å². The first-order valence-electron chi connectivity index (χ1n) is 8.54. The first-order chi connectivity index (χ1) is 12.1. The number of carbonyl (C=O) groups is 1. The molecule has 0 unspecified atom stereocenters. The molecule has 1 aromatic heterocycles. The Hall–Kier alpha value is -2.44. The largest absolute Gasteiger partial charge is 0.391 e. The fourth-order valence-corrected chi connectivity index (χ4v) is 3.11. The summed E-state index contributed by atoms with van der Waals surface area (Å²) in [6, 6.07) is 12.9. The molecule has 0 radical (unpaired) electrons. The van der Waals surface area contributed by atoms with Crippen LogP contribution in [0.3, 0.4) is 0 Å². The molecule has 1 fully saturated rings. The average Bonchev–Trinajstić information content (AvgIpc) is 2.63. The molecule has 1 aromatic carbocycles. The third kappa shape index (κ3) is 4.78. The Kier molecular flexibility index (Phi) is 5.63. The van der Waals surface area contributed by atoms with E-state index in [2.05, 4.69) is 9.88 Å². The molecule has 6 heteroatoms. The fraction of sp³-hybridized carbons (Fsp3) is 0.368. The number of nitrogens with zero attached hydrogens (tertiary/aromatic N) is 2. The number of H-pyrrole nitrogens is 1. The fourth-order valence-electron chi connectivity index (χ4n) is 3.11. The molecule has 0 bridgehead atoms. The van der Waals surface area contributed by atoms with Crippen LogP contribution in [0.5, 0.6) is 0 Å². The van der Waals surface area contributed by atoms with Gasteiger partial charge in [0, 0.05) is 45.0 Å². The van der Waals surface area contributed by atoms with E-state index in [1.807, 2.05) is 30.3 Å². The third-order valence-electron chi connectivity index (χ3n) is 4.47. The molecule has 2 heterocycles. The van der Waals surface area contributed by atoms with Crippen molar-refractivity contribution >= 4 is 5.91 Å². The monoisotopic (exact) mass is 341 g/mol. The van der Waals surface area contributed by atoms with Crippen molar-refractivity contribution in [2.75, 3.05) is 32.7 Å². The summed E-state index contributed by atoms with van der Waals surface area (Å²) in [4.78, 5) is 30.0. The maximum Gasteiger partial charge on any atom is 0.255 e. The zero-order valence-corrected chi connectivity index (χ0v) is 14.1. The Morgan fingerprint density at radius 3 is 2.44 bits per heavy atom. The molecule has 1 aliphatic heterocycles. The van der Waals surface area contributed by atoms with Gasteiger partial charge in [-0.15, -0.1) is 0 Å². The molecule has 1 saturated heterocycles. The van der Waals surface area contributed by atoms with Gasteiger partial charge in [0.25, 0.3) is 5.91 Å². The van der Waals surface area contributed by atoms with Crippen LogP contribution < -0.4 is 5.56 Å². The van der Waals surface area contributed by atoms with Gasteiger partial charge in [-0.05, 0) is 18.1 Å². The summed E-state index contributed by atoms with van der Waals surface area (Å²) in [6.07, 6.45) is 1.68. The van der Waals surface area contributed by atoms with E-state index in [4.69, 9.17) is 0 Å². The second-order valence-corrected chi connectivity index (χ2v) is 6.38. The summed E-state index contributed by atoms with van der Waals surface area (Å²) in [5, 5.41) is 10.3. The molecule has 2 aromatic rings. The Morgan fingerprint density at radius 1 is 1.08 bits per heavy atom. The normalized spacial score (nSPS) is 16.6. The van der Waals surface area contributed by atoms with E-state index in [0.29, 0.717) is 31.6 Å². The Morgan fingerprint density at radius 2 is 1.80 bits per heavy atom. The van der Waals surface area contributed by atoms with Crippen molar-refractivity contribution < 1.29 is 9.90 Å². The number of rotatable bonds is 5. The molecule has 1 amide bonds. The molecule has 3 rings (SSSR count). The van der Waals surface area contributed by atoms with E-state index in [1.54, 1.807) is 11.0 Å². The number of aliphatic hydroxyl groups excluding tert-OH is 1. The maximum absolute atomic E-state index is 12.4. The average molecular weight is 341 g/mol. The van der Waals surface area contributed by atoms with Crippen LogP contribution in [0, 0.1) is 0 Å². The molecule has 1 atom stereocenters. The molecule has 1 aliphatic rings. The van der Waals surface area contributed by atoms with Gasteiger partial charge in [-0.2, -0.15) is 0 Å². The first kappa shape index (κ1) is 17.4. The minimum atomic E-state index is -0.413. The highest BCUT2D eigenvalue weighted by Crippen LogP contribution is 2.10. The van der Waals surface area contributed by atoms with E-state index >= 15 is 0 Å². The number of aliphatic hydroxyl groups is 1. The highest BCUT2D eigenvalue weighted by molar-refractivity contribution is 5.93. The number of aromatic amines is 1. The van der Waals surface area contributed by atoms with Crippen molar-refractivity contribution in [1.29, 1.82) is 0 Å². The summed E-state index contributed by atoms with van der Waals surface area (Å²) >= 11 is 0. The molecule has 0 spiro atoms. The number of hydrogen-bond acceptors (Lipinski definition) is 4. The van der Waals surface area contributed by atoms with Gasteiger partial charge in [-0.1, -0.05) is 30.3 Å². The molecule has 2 N–H and O–H groups in total. The minimum Gasteiger partial charge on any atom is -0.391 e. The number of hydrogen-bond donors (Lipinski definition) is 2. The van der Waals surface area contributed by atoms with Gasteiger partial charge < -0.3 is 15.0 Å². The molecule has 0 saturated carbocycles. The first-order valence-corrected chi connectivity index (χ1v) is 8.54. The lowest BCUT2D eigenvalue weighted by atomic mass is 10.1. The number of piperazine rings is 1. The van der Waals surface area contributed by atoms with Gasteiger partial charge in [0.15, 0.2) is 0 Å². The van der Waals surface area contributed by atoms with Crippen LogP contribution in [0.1, 0.15) is 15.9 Å². The molecular formula is C19H23N3O3. The molecule has 132 valence electrons. The number of amides is 1. The van der Waals surface area contributed by atoms with Gasteiger partial charge in [-0.3, -0.25) is 14.5 Å². The second kappa shape index (κ2) is 8.09. The van der Waals surface area contributed by atoms with Crippen LogP contribution in [0.2, 0.25) is 0 Å². The van der Waals surface area contributed by atoms with Gasteiger partial charge in [-0.25, -0.2) is 0 Å². The lowest BCUT2D eigenvalue weighted by Gasteiger charge is -2.35. The van der Waals surface area contributed by atoms with Gasteiger partial charge in [0.2, 0.25) is 5.56 Å². The summed E-state index contributed by atoms with van der Waals surface area (Å²) in [6.45, 7) is 3.32. The van der Waals surface area contributed by atoms with Crippen molar-refractivity contribution in [3.05, 3.63) is 70.1 Å². The number of aromatic nitrogens is 1. The molecule has 6 nitrogen and oxygen atoms in total. The number of pyridine rings is 1. The lowest BCUT2D eigenvalue weighted by molar-refractivity contribution is 0.0530. The summed E-state index contributed by atoms with van der Waals surface area (Å²) in [5.41, 5.74) is 1.41. The van der Waals surface area contributed by atoms with Crippen molar-refractivity contribution in [3.63, 3.8) is 0 Å². The second-order valence-electron chi connectivity index (χ2n) is 6.38. The van der Waals surface area contributed by atoms with Crippen LogP contribution in [-0.4, -0.2) is 64.6 Å². The quantitative estimate of drug-likeness (QED) is 0.841. The molecule has 0 aliphatic carbocycles. The maximum atomic E-state index is 12.4. The standard InChI is InChI=1S/C19H23N3O3/c23-17(12-15-4-2-1-3-5-15)14-21-8-10-22(11-9-21)19(25)16-6-7-18(24)20-13-16/h1-7,13,17,23H,8-12,14H2,(H,20,24)/t17-/m0/s1. The van der Waals surface area contributed by atoms with Crippen LogP contribution in [0.15, 0.2) is 53.5 Å². The van der Waals surface area contributed by atoms with Crippen molar-refractivity contribution in [2.45, 2.75) is 12.5 Å². The summed E-state index contributed by atoms with van der Waals surface area (Å²) in [5.74, 6) is -0.0688. The smallest absolute Gasteiger partial charge is 0.255 e. The highest BCUT2D eigenvalue weighted by Gasteiger charge is 2.23. The van der Waals surface area contributed by atoms with Crippen LogP contribution >= 0.6 is 0 Å². The summed E-state index contributed by atoms with van der Waals surface area (Å²) in [7, 11) is 0. The summed E-state index contributed by atoms with van der Waals surface area (Å²) < 4.78 is 0. The van der Waals surface area contributed by atoms with Gasteiger partial charge in [0.1, 0.15) is 0 Å². The van der Waals surface area contributed by atoms with Gasteiger partial charge in [0.05, 0.1) is 11.7 Å². The van der Waals surface area contributed by atoms with E-state index in [0.717, 1.165) is 18.7 Å². The van der Waals surface area contributed by atoms with Crippen LogP contribution in [0.25, 0.3) is 0 Å². The lowest BCUT2D eigenvalue weighted by Crippen LogP contribution is -2.50. The number of benzene rings is 1. The van der Waals surface area contributed by atoms with E-state index < -0.39 is 6.10 Å². The van der Waals surface area contributed by atoms with Crippen molar-refractivity contribution in [3.8, 4) is 0 Å². The highest BCUT2D eigenvalue weighted by atomic mass is 16.3. The third-order valence-corrected chi connectivity index (χ3v) is 4.47. The molecular weight excluding hydrogens is 318 g/mol. The SMILES string of the molecule is O=C(c1ccc(=O)[nH]c1)N1CCN(C[C@@H](O)Cc2ccccc2)CC1. The minimum absolute atomic E-state index is 0.0688. The van der Waals surface area contributed by atoms with E-state index in [-0.39, 0.29) is 11.5 Å². The van der Waals surface area contributed by atoms with Gasteiger partial charge >= 0.3 is 0 Å². The number of nitrogens with one attached hydrogen (secondary N) is 1. The van der Waals surface area contributed by atoms with Crippen molar-refractivity contribution in [2.24, 2.45) is 0 Å². The zero-order valence-electron chi connectivity index (χ0n) is 14.1. The van der Waals surface area contributed by atoms with E-state index in [1.165, 1.54) is 12.3 Å². The Bertz CT molecular complexity index is 732. The van der Waals surface area contributed by atoms with Crippen LogP contribution in [-0.2, 0) is 6.42 Å². The van der Waals surface area contributed by atoms with E-state index in [9.17, 15) is 14.7 Å². The molecule has 25 heavy (non-hydrogen) atoms. The zero-order chi connectivity index (χ0) is 17.6. The predicted molar refractivity (Wildman–Crippen MR) is 95.6 cm³/mol.